The third-order valence-electron chi connectivity index (χ3n) is 1.74. The van der Waals surface area contributed by atoms with Crippen molar-refractivity contribution in [3.05, 3.63) is 11.8 Å². The highest BCUT2D eigenvalue weighted by Gasteiger charge is 2.19. The Labute approximate surface area is 82.4 Å². The minimum absolute atomic E-state index is 0.0239. The second kappa shape index (κ2) is 3.68. The number of primary sulfonamides is 1. The first-order valence-electron chi connectivity index (χ1n) is 4.08. The lowest BCUT2D eigenvalue weighted by Crippen LogP contribution is -2.15. The summed E-state index contributed by atoms with van der Waals surface area (Å²) in [6, 6.07) is 0.0239. The van der Waals surface area contributed by atoms with Crippen LogP contribution >= 0.6 is 0 Å². The number of rotatable bonds is 3. The van der Waals surface area contributed by atoms with Gasteiger partial charge in [0.1, 0.15) is 0 Å². The second-order valence-electron chi connectivity index (χ2n) is 3.24. The quantitative estimate of drug-likeness (QED) is 0.722. The first-order chi connectivity index (χ1) is 6.36. The van der Waals surface area contributed by atoms with Crippen LogP contribution in [0.25, 0.3) is 0 Å². The van der Waals surface area contributed by atoms with Gasteiger partial charge in [0.25, 0.3) is 10.0 Å². The zero-order chi connectivity index (χ0) is 10.9. The molecule has 1 rings (SSSR count). The molecule has 0 saturated carbocycles. The Morgan fingerprint density at radius 2 is 2.21 bits per heavy atom. The van der Waals surface area contributed by atoms with E-state index in [0.29, 0.717) is 0 Å². The van der Waals surface area contributed by atoms with Crippen molar-refractivity contribution in [1.82, 2.24) is 9.78 Å². The van der Waals surface area contributed by atoms with E-state index in [0.717, 1.165) is 0 Å². The number of aromatic nitrogens is 2. The molecule has 14 heavy (non-hydrogen) atoms. The van der Waals surface area contributed by atoms with Crippen molar-refractivity contribution in [2.45, 2.75) is 31.5 Å². The molecule has 0 bridgehead atoms. The largest absolute Gasteiger partial charge is 0.392 e. The number of hydrogen-bond acceptors (Lipinski definition) is 4. The third kappa shape index (κ3) is 2.11. The second-order valence-corrected chi connectivity index (χ2v) is 4.71. The molecule has 0 aliphatic rings. The van der Waals surface area contributed by atoms with Crippen molar-refractivity contribution < 1.29 is 13.5 Å². The van der Waals surface area contributed by atoms with E-state index in [9.17, 15) is 8.42 Å². The Bertz CT molecular complexity index is 421. The standard InChI is InChI=1S/C7H13N3O3S/c1-5(2)10-3-6(4-11)7(9-10)14(8,12)13/h3,5,11H,4H2,1-2H3,(H2,8,12,13). The summed E-state index contributed by atoms with van der Waals surface area (Å²) in [6.45, 7) is 3.31. The van der Waals surface area contributed by atoms with Crippen molar-refractivity contribution in [3.63, 3.8) is 0 Å². The van der Waals surface area contributed by atoms with Crippen LogP contribution in [0.2, 0.25) is 0 Å². The highest BCUT2D eigenvalue weighted by atomic mass is 32.2. The molecule has 0 spiro atoms. The van der Waals surface area contributed by atoms with E-state index in [1.807, 2.05) is 13.8 Å². The lowest BCUT2D eigenvalue weighted by Gasteiger charge is -2.02. The summed E-state index contributed by atoms with van der Waals surface area (Å²) >= 11 is 0. The van der Waals surface area contributed by atoms with Crippen molar-refractivity contribution in [1.29, 1.82) is 0 Å². The van der Waals surface area contributed by atoms with Crippen LogP contribution < -0.4 is 5.14 Å². The molecule has 7 heteroatoms. The van der Waals surface area contributed by atoms with Gasteiger partial charge in [0, 0.05) is 17.8 Å². The normalized spacial score (nSPS) is 12.4. The van der Waals surface area contributed by atoms with Gasteiger partial charge in [-0.15, -0.1) is 0 Å². The fourth-order valence-electron chi connectivity index (χ4n) is 1.03. The number of aliphatic hydroxyl groups is 1. The Morgan fingerprint density at radius 3 is 2.50 bits per heavy atom. The van der Waals surface area contributed by atoms with E-state index in [-0.39, 0.29) is 16.6 Å². The topological polar surface area (TPSA) is 98.2 Å². The van der Waals surface area contributed by atoms with E-state index in [1.165, 1.54) is 10.9 Å². The number of hydrogen-bond donors (Lipinski definition) is 2. The number of aliphatic hydroxyl groups excluding tert-OH is 1. The van der Waals surface area contributed by atoms with Crippen LogP contribution in [0.4, 0.5) is 0 Å². The highest BCUT2D eigenvalue weighted by molar-refractivity contribution is 7.89. The predicted octanol–water partition coefficient (Wildman–Crippen LogP) is -0.396. The van der Waals surface area contributed by atoms with Gasteiger partial charge in [-0.05, 0) is 13.8 Å². The molecule has 0 amide bonds. The van der Waals surface area contributed by atoms with Crippen molar-refractivity contribution in [2.24, 2.45) is 5.14 Å². The van der Waals surface area contributed by atoms with E-state index >= 15 is 0 Å². The molecule has 0 unspecified atom stereocenters. The molecule has 0 fully saturated rings. The smallest absolute Gasteiger partial charge is 0.257 e. The van der Waals surface area contributed by atoms with E-state index < -0.39 is 16.6 Å². The zero-order valence-electron chi connectivity index (χ0n) is 8.01. The fourth-order valence-corrected chi connectivity index (χ4v) is 1.72. The molecule has 0 aliphatic heterocycles. The summed E-state index contributed by atoms with van der Waals surface area (Å²) in [7, 11) is -3.85. The van der Waals surface area contributed by atoms with Crippen LogP contribution in [0, 0.1) is 0 Å². The molecule has 0 aliphatic carbocycles. The van der Waals surface area contributed by atoms with Crippen LogP contribution in [-0.2, 0) is 16.6 Å². The summed E-state index contributed by atoms with van der Waals surface area (Å²) in [5.74, 6) is 0. The molecule has 1 aromatic rings. The summed E-state index contributed by atoms with van der Waals surface area (Å²) < 4.78 is 23.5. The molecule has 0 aromatic carbocycles. The Balaban J connectivity index is 3.30. The zero-order valence-corrected chi connectivity index (χ0v) is 8.82. The van der Waals surface area contributed by atoms with Gasteiger partial charge in [-0.3, -0.25) is 4.68 Å². The molecule has 80 valence electrons. The maximum atomic E-state index is 11.0. The van der Waals surface area contributed by atoms with Crippen LogP contribution in [-0.4, -0.2) is 23.3 Å². The van der Waals surface area contributed by atoms with Crippen LogP contribution in [0.5, 0.6) is 0 Å². The van der Waals surface area contributed by atoms with Gasteiger partial charge in [0.05, 0.1) is 6.61 Å². The van der Waals surface area contributed by atoms with Gasteiger partial charge in [-0.2, -0.15) is 5.10 Å². The Hall–Kier alpha value is -0.920. The summed E-state index contributed by atoms with van der Waals surface area (Å²) in [5.41, 5.74) is 0.223. The molecular formula is C7H13N3O3S. The number of sulfonamides is 1. The molecule has 3 N–H and O–H groups in total. The fraction of sp³-hybridized carbons (Fsp3) is 0.571. The molecule has 1 heterocycles. The van der Waals surface area contributed by atoms with Crippen LogP contribution in [0.1, 0.15) is 25.5 Å². The summed E-state index contributed by atoms with van der Waals surface area (Å²) in [4.78, 5) is 0. The van der Waals surface area contributed by atoms with Crippen LogP contribution in [0.15, 0.2) is 11.2 Å². The van der Waals surface area contributed by atoms with Crippen molar-refractivity contribution in [2.75, 3.05) is 0 Å². The van der Waals surface area contributed by atoms with E-state index in [2.05, 4.69) is 5.10 Å². The maximum absolute atomic E-state index is 11.0. The third-order valence-corrected chi connectivity index (χ3v) is 2.62. The first-order valence-corrected chi connectivity index (χ1v) is 5.62. The highest BCUT2D eigenvalue weighted by Crippen LogP contribution is 2.14. The summed E-state index contributed by atoms with van der Waals surface area (Å²) in [5, 5.41) is 17.4. The molecule has 0 saturated heterocycles. The Morgan fingerprint density at radius 1 is 1.64 bits per heavy atom. The molecule has 0 atom stereocenters. The monoisotopic (exact) mass is 219 g/mol. The molecule has 6 nitrogen and oxygen atoms in total. The average molecular weight is 219 g/mol. The molecular weight excluding hydrogens is 206 g/mol. The number of nitrogens with zero attached hydrogens (tertiary/aromatic N) is 2. The average Bonchev–Trinajstić information content (AvgIpc) is 2.46. The van der Waals surface area contributed by atoms with Gasteiger partial charge >= 0.3 is 0 Å². The van der Waals surface area contributed by atoms with Gasteiger partial charge < -0.3 is 5.11 Å². The SMILES string of the molecule is CC(C)n1cc(CO)c(S(N)(=O)=O)n1. The van der Waals surface area contributed by atoms with Gasteiger partial charge in [-0.25, -0.2) is 13.6 Å². The van der Waals surface area contributed by atoms with Gasteiger partial charge in [0.2, 0.25) is 0 Å². The predicted molar refractivity (Wildman–Crippen MR) is 49.9 cm³/mol. The Kier molecular flexibility index (Phi) is 2.93. The van der Waals surface area contributed by atoms with Crippen LogP contribution in [0.3, 0.4) is 0 Å². The molecule has 1 aromatic heterocycles. The van der Waals surface area contributed by atoms with Gasteiger partial charge in [0.15, 0.2) is 5.03 Å². The van der Waals surface area contributed by atoms with E-state index in [1.54, 1.807) is 0 Å². The lowest BCUT2D eigenvalue weighted by atomic mass is 10.4. The van der Waals surface area contributed by atoms with Crippen molar-refractivity contribution in [3.8, 4) is 0 Å². The maximum Gasteiger partial charge on any atom is 0.257 e. The van der Waals surface area contributed by atoms with E-state index in [4.69, 9.17) is 10.2 Å². The summed E-state index contributed by atoms with van der Waals surface area (Å²) in [6.07, 6.45) is 1.48. The van der Waals surface area contributed by atoms with Crippen molar-refractivity contribution >= 4 is 10.0 Å². The number of nitrogens with two attached hydrogens (primary N) is 1. The minimum atomic E-state index is -3.85. The minimum Gasteiger partial charge on any atom is -0.392 e. The first kappa shape index (κ1) is 11.2. The lowest BCUT2D eigenvalue weighted by molar-refractivity contribution is 0.278. The van der Waals surface area contributed by atoms with Gasteiger partial charge in [-0.1, -0.05) is 0 Å². The molecule has 0 radical (unpaired) electrons.